The fourth-order valence-corrected chi connectivity index (χ4v) is 5.11. The van der Waals surface area contributed by atoms with Crippen LogP contribution in [0.25, 0.3) is 5.69 Å². The summed E-state index contributed by atoms with van der Waals surface area (Å²) in [6.07, 6.45) is 0. The molecule has 0 amide bonds. The van der Waals surface area contributed by atoms with Crippen LogP contribution in [-0.2, 0) is 11.3 Å². The molecule has 0 aliphatic rings. The standard InChI is InChI=1S/C19H21N3O2S3/c1-13-11-16(14(2)21(13)9-10-24-3)17(23)12-26-18-20-22(19(25)27-18)15-7-5-4-6-8-15/h4-8,11H,9-10,12H2,1-3H3. The molecule has 0 saturated carbocycles. The number of carbonyl (C=O) groups is 1. The Morgan fingerprint density at radius 3 is 2.74 bits per heavy atom. The summed E-state index contributed by atoms with van der Waals surface area (Å²) in [4.78, 5) is 12.7. The second-order valence-corrected chi connectivity index (χ2v) is 8.87. The van der Waals surface area contributed by atoms with Gasteiger partial charge in [-0.25, -0.2) is 4.68 Å². The summed E-state index contributed by atoms with van der Waals surface area (Å²) in [5, 5.41) is 4.55. The first-order valence-electron chi connectivity index (χ1n) is 8.48. The van der Waals surface area contributed by atoms with Gasteiger partial charge in [0.15, 0.2) is 14.1 Å². The Balaban J connectivity index is 1.71. The van der Waals surface area contributed by atoms with Gasteiger partial charge in [-0.05, 0) is 44.3 Å². The topological polar surface area (TPSA) is 49.1 Å². The smallest absolute Gasteiger partial charge is 0.184 e. The van der Waals surface area contributed by atoms with Crippen LogP contribution < -0.4 is 0 Å². The van der Waals surface area contributed by atoms with Crippen molar-refractivity contribution in [1.29, 1.82) is 0 Å². The van der Waals surface area contributed by atoms with E-state index in [4.69, 9.17) is 17.0 Å². The number of ketones is 1. The lowest BCUT2D eigenvalue weighted by molar-refractivity contribution is 0.102. The highest BCUT2D eigenvalue weighted by Gasteiger charge is 2.17. The molecule has 0 bridgehead atoms. The Kier molecular flexibility index (Phi) is 6.64. The molecule has 27 heavy (non-hydrogen) atoms. The van der Waals surface area contributed by atoms with Crippen molar-refractivity contribution in [1.82, 2.24) is 14.3 Å². The number of rotatable bonds is 8. The van der Waals surface area contributed by atoms with Crippen LogP contribution in [0, 0.1) is 17.8 Å². The minimum absolute atomic E-state index is 0.101. The summed E-state index contributed by atoms with van der Waals surface area (Å²) >= 11 is 8.27. The Morgan fingerprint density at radius 1 is 1.30 bits per heavy atom. The number of methoxy groups -OCH3 is 1. The SMILES string of the molecule is COCCn1c(C)cc(C(=O)CSc2nn(-c3ccccc3)c(=S)s2)c1C. The summed E-state index contributed by atoms with van der Waals surface area (Å²) in [6.45, 7) is 5.37. The van der Waals surface area contributed by atoms with Crippen molar-refractivity contribution in [2.24, 2.45) is 0 Å². The summed E-state index contributed by atoms with van der Waals surface area (Å²) in [5.41, 5.74) is 3.75. The zero-order valence-electron chi connectivity index (χ0n) is 15.5. The Hall–Kier alpha value is -1.74. The largest absolute Gasteiger partial charge is 0.383 e. The summed E-state index contributed by atoms with van der Waals surface area (Å²) in [6, 6.07) is 11.7. The van der Waals surface area contributed by atoms with E-state index in [0.29, 0.717) is 16.3 Å². The number of aromatic nitrogens is 3. The maximum Gasteiger partial charge on any atom is 0.184 e. The molecule has 0 saturated heterocycles. The number of hydrogen-bond acceptors (Lipinski definition) is 6. The fraction of sp³-hybridized carbons (Fsp3) is 0.316. The third-order valence-corrected chi connectivity index (χ3v) is 6.62. The average molecular weight is 420 g/mol. The Bertz CT molecular complexity index is 990. The molecule has 0 radical (unpaired) electrons. The number of nitrogens with zero attached hydrogens (tertiary/aromatic N) is 3. The minimum atomic E-state index is 0.101. The highest BCUT2D eigenvalue weighted by Crippen LogP contribution is 2.26. The van der Waals surface area contributed by atoms with E-state index in [0.717, 1.165) is 33.5 Å². The van der Waals surface area contributed by atoms with Gasteiger partial charge in [0.05, 0.1) is 18.0 Å². The molecule has 0 fully saturated rings. The number of Topliss-reactive ketones (excluding diaryl/α,β-unsaturated/α-hetero) is 1. The van der Waals surface area contributed by atoms with Gasteiger partial charge in [0.25, 0.3) is 0 Å². The van der Waals surface area contributed by atoms with Crippen LogP contribution in [0.1, 0.15) is 21.7 Å². The molecule has 0 unspecified atom stereocenters. The monoisotopic (exact) mass is 419 g/mol. The molecule has 0 aliphatic heterocycles. The molecule has 0 aliphatic carbocycles. The predicted octanol–water partition coefficient (Wildman–Crippen LogP) is 4.70. The number of thioether (sulfide) groups is 1. The van der Waals surface area contributed by atoms with Crippen LogP contribution in [-0.4, -0.2) is 39.6 Å². The van der Waals surface area contributed by atoms with Gasteiger partial charge in [0.2, 0.25) is 0 Å². The van der Waals surface area contributed by atoms with Gasteiger partial charge in [-0.2, -0.15) is 0 Å². The van der Waals surface area contributed by atoms with E-state index in [2.05, 4.69) is 9.67 Å². The van der Waals surface area contributed by atoms with Crippen LogP contribution in [0.5, 0.6) is 0 Å². The second-order valence-electron chi connectivity index (χ2n) is 6.02. The fourth-order valence-electron chi connectivity index (χ4n) is 2.87. The van der Waals surface area contributed by atoms with Crippen LogP contribution >= 0.6 is 35.3 Å². The van der Waals surface area contributed by atoms with Crippen molar-refractivity contribution in [3.05, 3.63) is 57.3 Å². The molecule has 5 nitrogen and oxygen atoms in total. The van der Waals surface area contributed by atoms with Crippen LogP contribution in [0.4, 0.5) is 0 Å². The van der Waals surface area contributed by atoms with Crippen LogP contribution in [0.3, 0.4) is 0 Å². The predicted molar refractivity (Wildman–Crippen MR) is 113 cm³/mol. The van der Waals surface area contributed by atoms with E-state index in [1.807, 2.05) is 50.2 Å². The summed E-state index contributed by atoms with van der Waals surface area (Å²) < 4.78 is 10.5. The number of carbonyl (C=O) groups excluding carboxylic acids is 1. The van der Waals surface area contributed by atoms with Gasteiger partial charge >= 0.3 is 0 Å². The highest BCUT2D eigenvalue weighted by atomic mass is 32.2. The zero-order valence-corrected chi connectivity index (χ0v) is 17.9. The van der Waals surface area contributed by atoms with Gasteiger partial charge < -0.3 is 9.30 Å². The van der Waals surface area contributed by atoms with E-state index in [-0.39, 0.29) is 5.78 Å². The molecule has 2 aromatic heterocycles. The third-order valence-electron chi connectivity index (χ3n) is 4.25. The van der Waals surface area contributed by atoms with E-state index in [9.17, 15) is 4.79 Å². The maximum atomic E-state index is 12.7. The van der Waals surface area contributed by atoms with Crippen LogP contribution in [0.15, 0.2) is 40.7 Å². The van der Waals surface area contributed by atoms with E-state index in [1.54, 1.807) is 11.8 Å². The van der Waals surface area contributed by atoms with Crippen molar-refractivity contribution in [2.45, 2.75) is 24.7 Å². The first-order chi connectivity index (χ1) is 13.0. The van der Waals surface area contributed by atoms with Crippen LogP contribution in [0.2, 0.25) is 0 Å². The average Bonchev–Trinajstić information content (AvgIpc) is 3.18. The normalized spacial score (nSPS) is 11.1. The van der Waals surface area contributed by atoms with E-state index in [1.165, 1.54) is 23.1 Å². The van der Waals surface area contributed by atoms with Crippen molar-refractivity contribution >= 4 is 41.1 Å². The number of benzene rings is 1. The first-order valence-corrected chi connectivity index (χ1v) is 10.7. The molecule has 2 heterocycles. The summed E-state index contributed by atoms with van der Waals surface area (Å²) in [5.74, 6) is 0.440. The zero-order chi connectivity index (χ0) is 19.4. The van der Waals surface area contributed by atoms with Gasteiger partial charge in [-0.1, -0.05) is 41.3 Å². The number of hydrogen-bond donors (Lipinski definition) is 0. The molecular weight excluding hydrogens is 398 g/mol. The molecule has 1 aromatic carbocycles. The van der Waals surface area contributed by atoms with Crippen molar-refractivity contribution in [3.8, 4) is 5.69 Å². The lowest BCUT2D eigenvalue weighted by Gasteiger charge is -2.08. The number of para-hydroxylation sites is 1. The molecule has 3 aromatic rings. The molecule has 0 spiro atoms. The highest BCUT2D eigenvalue weighted by molar-refractivity contribution is 8.01. The van der Waals surface area contributed by atoms with Gasteiger partial charge in [0, 0.05) is 30.6 Å². The van der Waals surface area contributed by atoms with Gasteiger partial charge in [0.1, 0.15) is 0 Å². The molecular formula is C19H21N3O2S3. The van der Waals surface area contributed by atoms with Crippen molar-refractivity contribution < 1.29 is 9.53 Å². The first kappa shape index (κ1) is 20.0. The Labute approximate surface area is 172 Å². The molecule has 0 N–H and O–H groups in total. The molecule has 3 rings (SSSR count). The number of ether oxygens (including phenoxy) is 1. The minimum Gasteiger partial charge on any atom is -0.383 e. The van der Waals surface area contributed by atoms with E-state index >= 15 is 0 Å². The quantitative estimate of drug-likeness (QED) is 0.301. The molecule has 0 atom stereocenters. The second kappa shape index (κ2) is 8.97. The lowest BCUT2D eigenvalue weighted by Crippen LogP contribution is -2.09. The molecule has 142 valence electrons. The number of aryl methyl sites for hydroxylation is 1. The van der Waals surface area contributed by atoms with Crippen molar-refractivity contribution in [2.75, 3.05) is 19.5 Å². The van der Waals surface area contributed by atoms with Gasteiger partial charge in [-0.3, -0.25) is 4.79 Å². The van der Waals surface area contributed by atoms with Crippen molar-refractivity contribution in [3.63, 3.8) is 0 Å². The maximum absolute atomic E-state index is 12.7. The third kappa shape index (κ3) is 4.57. The van der Waals surface area contributed by atoms with E-state index < -0.39 is 0 Å². The molecule has 8 heteroatoms. The lowest BCUT2D eigenvalue weighted by atomic mass is 10.2. The van der Waals surface area contributed by atoms with Gasteiger partial charge in [-0.15, -0.1) is 5.10 Å². The summed E-state index contributed by atoms with van der Waals surface area (Å²) in [7, 11) is 1.68. The Morgan fingerprint density at radius 2 is 2.04 bits per heavy atom.